The molecule has 0 aliphatic carbocycles. The topological polar surface area (TPSA) is 126 Å². The molecule has 3 rings (SSSR count). The van der Waals surface area contributed by atoms with Crippen molar-refractivity contribution in [2.75, 3.05) is 20.3 Å². The van der Waals surface area contributed by atoms with Crippen LogP contribution in [0.5, 0.6) is 0 Å². The van der Waals surface area contributed by atoms with Gasteiger partial charge in [0.25, 0.3) is 5.56 Å². The van der Waals surface area contributed by atoms with Crippen molar-refractivity contribution in [3.8, 4) is 17.5 Å². The van der Waals surface area contributed by atoms with Crippen molar-refractivity contribution in [2.45, 2.75) is 25.8 Å². The van der Waals surface area contributed by atoms with Gasteiger partial charge in [0.2, 0.25) is 5.91 Å². The molecule has 3 heterocycles. The molecule has 130 valence electrons. The number of ether oxygens (including phenoxy) is 1. The van der Waals surface area contributed by atoms with Crippen LogP contribution in [0.2, 0.25) is 0 Å². The maximum absolute atomic E-state index is 11.8. The molecule has 0 radical (unpaired) electrons. The molecular weight excluding hydrogens is 324 g/mol. The first kappa shape index (κ1) is 16.9. The van der Waals surface area contributed by atoms with Crippen molar-refractivity contribution in [1.29, 1.82) is 5.26 Å². The van der Waals surface area contributed by atoms with Gasteiger partial charge in [-0.1, -0.05) is 0 Å². The number of nitriles is 1. The second kappa shape index (κ2) is 6.86. The number of pyridine rings is 1. The Morgan fingerprint density at radius 1 is 1.60 bits per heavy atom. The number of carbonyl (C=O) groups is 1. The molecule has 1 atom stereocenters. The van der Waals surface area contributed by atoms with Gasteiger partial charge in [0.1, 0.15) is 11.6 Å². The van der Waals surface area contributed by atoms with Gasteiger partial charge in [-0.3, -0.25) is 9.59 Å². The molecule has 0 saturated carbocycles. The quantitative estimate of drug-likeness (QED) is 0.809. The first-order valence-corrected chi connectivity index (χ1v) is 7.91. The minimum atomic E-state index is -0.440. The lowest BCUT2D eigenvalue weighted by molar-refractivity contribution is -0.120. The van der Waals surface area contributed by atoms with E-state index in [1.165, 1.54) is 6.07 Å². The second-order valence-corrected chi connectivity index (χ2v) is 5.83. The third-order valence-corrected chi connectivity index (χ3v) is 4.12. The summed E-state index contributed by atoms with van der Waals surface area (Å²) in [6.45, 7) is 2.87. The number of carbonyl (C=O) groups excluding carboxylic acids is 1. The lowest BCUT2D eigenvalue weighted by atomic mass is 10.1. The van der Waals surface area contributed by atoms with Gasteiger partial charge in [-0.15, -0.1) is 0 Å². The van der Waals surface area contributed by atoms with E-state index in [0.717, 1.165) is 6.42 Å². The zero-order valence-electron chi connectivity index (χ0n) is 14.0. The van der Waals surface area contributed by atoms with Crippen molar-refractivity contribution in [3.05, 3.63) is 33.5 Å². The number of hydrogen-bond acceptors (Lipinski definition) is 6. The standard InChI is InChI=1S/C16H18N6O3/c1-9-12(5-10(7-17)16(24)19-9)15-20-13(6-14(23)18-2)21-22(15)11-3-4-25-8-11/h5,11H,3-4,6,8H2,1-2H3,(H,18,23)(H,19,24). The zero-order chi connectivity index (χ0) is 18.0. The molecule has 2 N–H and O–H groups in total. The summed E-state index contributed by atoms with van der Waals surface area (Å²) in [6.07, 6.45) is 0.834. The van der Waals surface area contributed by atoms with Crippen LogP contribution in [0.15, 0.2) is 10.9 Å². The Bertz CT molecular complexity index is 902. The highest BCUT2D eigenvalue weighted by Crippen LogP contribution is 2.27. The smallest absolute Gasteiger partial charge is 0.266 e. The third kappa shape index (κ3) is 3.29. The molecule has 2 aromatic heterocycles. The number of amides is 1. The van der Waals surface area contributed by atoms with E-state index in [2.05, 4.69) is 20.4 Å². The number of hydrogen-bond donors (Lipinski definition) is 2. The number of nitrogens with one attached hydrogen (secondary N) is 2. The highest BCUT2D eigenvalue weighted by atomic mass is 16.5. The number of nitrogens with zero attached hydrogens (tertiary/aromatic N) is 4. The number of rotatable bonds is 4. The predicted molar refractivity (Wildman–Crippen MR) is 87.8 cm³/mol. The fraction of sp³-hybridized carbons (Fsp3) is 0.438. The molecule has 1 unspecified atom stereocenters. The van der Waals surface area contributed by atoms with E-state index in [-0.39, 0.29) is 23.9 Å². The molecule has 0 spiro atoms. The molecule has 1 saturated heterocycles. The van der Waals surface area contributed by atoms with Gasteiger partial charge < -0.3 is 15.0 Å². The largest absolute Gasteiger partial charge is 0.379 e. The lowest BCUT2D eigenvalue weighted by Crippen LogP contribution is -2.21. The molecule has 0 aromatic carbocycles. The Labute approximate surface area is 143 Å². The van der Waals surface area contributed by atoms with E-state index < -0.39 is 5.56 Å². The number of aryl methyl sites for hydroxylation is 1. The minimum Gasteiger partial charge on any atom is -0.379 e. The molecular formula is C16H18N6O3. The molecule has 1 amide bonds. The van der Waals surface area contributed by atoms with Gasteiger partial charge in [-0.2, -0.15) is 10.4 Å². The summed E-state index contributed by atoms with van der Waals surface area (Å²) in [7, 11) is 1.55. The summed E-state index contributed by atoms with van der Waals surface area (Å²) in [5, 5.41) is 16.1. The molecule has 1 fully saturated rings. The highest BCUT2D eigenvalue weighted by molar-refractivity contribution is 5.77. The lowest BCUT2D eigenvalue weighted by Gasteiger charge is -2.12. The molecule has 1 aliphatic rings. The van der Waals surface area contributed by atoms with Crippen molar-refractivity contribution in [1.82, 2.24) is 25.1 Å². The van der Waals surface area contributed by atoms with E-state index in [1.54, 1.807) is 18.7 Å². The van der Waals surface area contributed by atoms with Gasteiger partial charge in [0, 0.05) is 24.9 Å². The van der Waals surface area contributed by atoms with Crippen LogP contribution in [0.25, 0.3) is 11.4 Å². The number of likely N-dealkylation sites (N-methyl/N-ethyl adjacent to an activating group) is 1. The molecule has 9 nitrogen and oxygen atoms in total. The molecule has 0 bridgehead atoms. The van der Waals surface area contributed by atoms with Crippen LogP contribution in [0.3, 0.4) is 0 Å². The van der Waals surface area contributed by atoms with Crippen LogP contribution in [-0.2, 0) is 16.0 Å². The second-order valence-electron chi connectivity index (χ2n) is 5.83. The summed E-state index contributed by atoms with van der Waals surface area (Å²) < 4.78 is 7.16. The van der Waals surface area contributed by atoms with Crippen LogP contribution < -0.4 is 10.9 Å². The zero-order valence-corrected chi connectivity index (χ0v) is 14.0. The fourth-order valence-electron chi connectivity index (χ4n) is 2.77. The van der Waals surface area contributed by atoms with E-state index in [0.29, 0.717) is 36.1 Å². The van der Waals surface area contributed by atoms with Gasteiger partial charge in [0.05, 0.1) is 19.1 Å². The van der Waals surface area contributed by atoms with Crippen LogP contribution in [-0.4, -0.2) is 45.9 Å². The summed E-state index contributed by atoms with van der Waals surface area (Å²) >= 11 is 0. The van der Waals surface area contributed by atoms with Crippen molar-refractivity contribution < 1.29 is 9.53 Å². The van der Waals surface area contributed by atoms with Crippen molar-refractivity contribution >= 4 is 5.91 Å². The fourth-order valence-corrected chi connectivity index (χ4v) is 2.77. The Morgan fingerprint density at radius 2 is 2.40 bits per heavy atom. The summed E-state index contributed by atoms with van der Waals surface area (Å²) in [6, 6.07) is 3.39. The average Bonchev–Trinajstić information content (AvgIpc) is 3.24. The number of aromatic amines is 1. The monoisotopic (exact) mass is 342 g/mol. The van der Waals surface area contributed by atoms with Crippen LogP contribution in [0, 0.1) is 18.3 Å². The van der Waals surface area contributed by atoms with Gasteiger partial charge in [-0.05, 0) is 19.4 Å². The molecule has 1 aliphatic heterocycles. The Kier molecular flexibility index (Phi) is 4.63. The van der Waals surface area contributed by atoms with Crippen LogP contribution in [0.4, 0.5) is 0 Å². The SMILES string of the molecule is CNC(=O)Cc1nc(-c2cc(C#N)c(=O)[nH]c2C)n(C2CCOC2)n1. The number of H-pyrrole nitrogens is 1. The molecule has 9 heteroatoms. The maximum Gasteiger partial charge on any atom is 0.266 e. The highest BCUT2D eigenvalue weighted by Gasteiger charge is 2.25. The van der Waals surface area contributed by atoms with Crippen molar-refractivity contribution in [2.24, 2.45) is 0 Å². The van der Waals surface area contributed by atoms with E-state index in [1.807, 2.05) is 6.07 Å². The predicted octanol–water partition coefficient (Wildman–Crippen LogP) is 0.0634. The summed E-state index contributed by atoms with van der Waals surface area (Å²) in [5.74, 6) is 0.701. The van der Waals surface area contributed by atoms with Crippen LogP contribution >= 0.6 is 0 Å². The Balaban J connectivity index is 2.12. The van der Waals surface area contributed by atoms with Gasteiger partial charge in [0.15, 0.2) is 11.6 Å². The number of aromatic nitrogens is 4. The first-order chi connectivity index (χ1) is 12.0. The normalized spacial score (nSPS) is 16.6. The van der Waals surface area contributed by atoms with E-state index in [4.69, 9.17) is 10.00 Å². The van der Waals surface area contributed by atoms with E-state index in [9.17, 15) is 9.59 Å². The third-order valence-electron chi connectivity index (χ3n) is 4.12. The maximum atomic E-state index is 11.8. The van der Waals surface area contributed by atoms with Gasteiger partial charge >= 0.3 is 0 Å². The Morgan fingerprint density at radius 3 is 3.04 bits per heavy atom. The van der Waals surface area contributed by atoms with E-state index >= 15 is 0 Å². The van der Waals surface area contributed by atoms with Gasteiger partial charge in [-0.25, -0.2) is 9.67 Å². The average molecular weight is 342 g/mol. The summed E-state index contributed by atoms with van der Waals surface area (Å²) in [5.41, 5.74) is 0.761. The van der Waals surface area contributed by atoms with Crippen LogP contribution in [0.1, 0.15) is 29.5 Å². The molecule has 25 heavy (non-hydrogen) atoms. The first-order valence-electron chi connectivity index (χ1n) is 7.91. The minimum absolute atomic E-state index is 0.00204. The Hall–Kier alpha value is -2.99. The van der Waals surface area contributed by atoms with Crippen molar-refractivity contribution in [3.63, 3.8) is 0 Å². The molecule has 2 aromatic rings. The summed E-state index contributed by atoms with van der Waals surface area (Å²) in [4.78, 5) is 30.6.